The molecule has 1 N–H and O–H groups in total. The molecular formula is C10H10N2O3S. The van der Waals surface area contributed by atoms with Gasteiger partial charge in [-0.2, -0.15) is 13.5 Å². The standard InChI is InChI=1S/C10H10N2O3S/c1-8-2-4-10(5-3-8)16(13,14)15-9-6-11-12-7-9/h2-7H,1H3,(H,11,12). The summed E-state index contributed by atoms with van der Waals surface area (Å²) in [6.07, 6.45) is 2.66. The Morgan fingerprint density at radius 2 is 1.94 bits per heavy atom. The summed E-state index contributed by atoms with van der Waals surface area (Å²) in [6, 6.07) is 6.44. The van der Waals surface area contributed by atoms with Crippen LogP contribution in [0.3, 0.4) is 0 Å². The Morgan fingerprint density at radius 3 is 2.50 bits per heavy atom. The van der Waals surface area contributed by atoms with Crippen molar-refractivity contribution >= 4 is 10.1 Å². The van der Waals surface area contributed by atoms with Gasteiger partial charge in [-0.15, -0.1) is 0 Å². The van der Waals surface area contributed by atoms with Crippen molar-refractivity contribution in [2.75, 3.05) is 0 Å². The van der Waals surface area contributed by atoms with E-state index in [2.05, 4.69) is 10.2 Å². The second-order valence-corrected chi connectivity index (χ2v) is 4.83. The summed E-state index contributed by atoms with van der Waals surface area (Å²) in [5.41, 5.74) is 0.988. The fourth-order valence-corrected chi connectivity index (χ4v) is 2.07. The first-order valence-corrected chi connectivity index (χ1v) is 5.99. The van der Waals surface area contributed by atoms with E-state index in [9.17, 15) is 8.42 Å². The fourth-order valence-electron chi connectivity index (χ4n) is 1.16. The number of rotatable bonds is 3. The van der Waals surface area contributed by atoms with Crippen LogP contribution in [0.4, 0.5) is 0 Å². The quantitative estimate of drug-likeness (QED) is 0.822. The van der Waals surface area contributed by atoms with Gasteiger partial charge in [0.05, 0.1) is 12.4 Å². The Bertz CT molecular complexity index is 559. The summed E-state index contributed by atoms with van der Waals surface area (Å²) in [7, 11) is -3.76. The van der Waals surface area contributed by atoms with E-state index in [1.807, 2.05) is 6.92 Å². The van der Waals surface area contributed by atoms with Crippen LogP contribution in [0.15, 0.2) is 41.6 Å². The van der Waals surface area contributed by atoms with Crippen LogP contribution in [0.5, 0.6) is 5.75 Å². The van der Waals surface area contributed by atoms with Crippen LogP contribution in [0, 0.1) is 6.92 Å². The lowest BCUT2D eigenvalue weighted by atomic mass is 10.2. The van der Waals surface area contributed by atoms with Crippen LogP contribution in [-0.4, -0.2) is 18.6 Å². The number of hydrogen-bond acceptors (Lipinski definition) is 4. The summed E-state index contributed by atoms with van der Waals surface area (Å²) in [4.78, 5) is 0.124. The average Bonchev–Trinajstić information content (AvgIpc) is 2.70. The molecule has 2 aromatic rings. The monoisotopic (exact) mass is 238 g/mol. The van der Waals surface area contributed by atoms with Gasteiger partial charge < -0.3 is 4.18 Å². The summed E-state index contributed by atoms with van der Waals surface area (Å²) < 4.78 is 28.3. The SMILES string of the molecule is Cc1ccc(S(=O)(=O)Oc2cn[nH]c2)cc1. The Hall–Kier alpha value is -1.82. The van der Waals surface area contributed by atoms with Gasteiger partial charge in [-0.3, -0.25) is 5.10 Å². The molecule has 0 spiro atoms. The Balaban J connectivity index is 2.29. The normalized spacial score (nSPS) is 11.3. The number of hydrogen-bond donors (Lipinski definition) is 1. The van der Waals surface area contributed by atoms with E-state index in [0.29, 0.717) is 0 Å². The Kier molecular flexibility index (Phi) is 2.66. The highest BCUT2D eigenvalue weighted by molar-refractivity contribution is 7.87. The number of aromatic amines is 1. The third-order valence-corrected chi connectivity index (χ3v) is 3.25. The van der Waals surface area contributed by atoms with Gasteiger partial charge in [-0.1, -0.05) is 17.7 Å². The molecule has 0 saturated carbocycles. The zero-order valence-corrected chi connectivity index (χ0v) is 9.36. The van der Waals surface area contributed by atoms with Gasteiger partial charge in [0.2, 0.25) is 0 Å². The molecule has 0 radical (unpaired) electrons. The maximum Gasteiger partial charge on any atom is 0.339 e. The van der Waals surface area contributed by atoms with E-state index in [-0.39, 0.29) is 10.6 Å². The second kappa shape index (κ2) is 3.97. The van der Waals surface area contributed by atoms with Gasteiger partial charge in [0.1, 0.15) is 4.90 Å². The number of aromatic nitrogens is 2. The van der Waals surface area contributed by atoms with Crippen molar-refractivity contribution in [3.05, 3.63) is 42.2 Å². The number of H-pyrrole nitrogens is 1. The van der Waals surface area contributed by atoms with Crippen molar-refractivity contribution < 1.29 is 12.6 Å². The van der Waals surface area contributed by atoms with E-state index in [4.69, 9.17) is 4.18 Å². The molecule has 0 aliphatic heterocycles. The lowest BCUT2D eigenvalue weighted by Crippen LogP contribution is -2.09. The van der Waals surface area contributed by atoms with Gasteiger partial charge >= 0.3 is 10.1 Å². The molecule has 16 heavy (non-hydrogen) atoms. The molecule has 1 aromatic heterocycles. The second-order valence-electron chi connectivity index (χ2n) is 3.28. The lowest BCUT2D eigenvalue weighted by Gasteiger charge is -2.04. The molecule has 0 fully saturated rings. The molecule has 0 unspecified atom stereocenters. The summed E-state index contributed by atoms with van der Waals surface area (Å²) in [6.45, 7) is 1.88. The zero-order chi connectivity index (χ0) is 11.6. The van der Waals surface area contributed by atoms with Crippen LogP contribution >= 0.6 is 0 Å². The third kappa shape index (κ3) is 2.22. The van der Waals surface area contributed by atoms with Gasteiger partial charge in [0, 0.05) is 0 Å². The highest BCUT2D eigenvalue weighted by Gasteiger charge is 2.16. The van der Waals surface area contributed by atoms with Crippen LogP contribution < -0.4 is 4.18 Å². The van der Waals surface area contributed by atoms with Crippen LogP contribution in [0.1, 0.15) is 5.56 Å². The fraction of sp³-hybridized carbons (Fsp3) is 0.100. The molecule has 6 heteroatoms. The molecule has 0 atom stereocenters. The molecule has 84 valence electrons. The predicted molar refractivity (Wildman–Crippen MR) is 57.6 cm³/mol. The van der Waals surface area contributed by atoms with Crippen molar-refractivity contribution in [1.82, 2.24) is 10.2 Å². The minimum absolute atomic E-state index is 0.124. The first-order chi connectivity index (χ1) is 7.58. The first-order valence-electron chi connectivity index (χ1n) is 4.58. The number of aryl methyl sites for hydroxylation is 1. The maximum atomic E-state index is 11.7. The minimum atomic E-state index is -3.76. The molecular weight excluding hydrogens is 228 g/mol. The van der Waals surface area contributed by atoms with Crippen molar-refractivity contribution in [1.29, 1.82) is 0 Å². The van der Waals surface area contributed by atoms with Crippen molar-refractivity contribution in [3.8, 4) is 5.75 Å². The molecule has 0 amide bonds. The third-order valence-electron chi connectivity index (χ3n) is 1.99. The lowest BCUT2D eigenvalue weighted by molar-refractivity contribution is 0.486. The maximum absolute atomic E-state index is 11.7. The summed E-state index contributed by atoms with van der Waals surface area (Å²) in [5, 5.41) is 6.07. The van der Waals surface area contributed by atoms with Crippen LogP contribution in [0.25, 0.3) is 0 Å². The molecule has 5 nitrogen and oxygen atoms in total. The molecule has 0 aliphatic carbocycles. The van der Waals surface area contributed by atoms with Crippen LogP contribution in [0.2, 0.25) is 0 Å². The Labute approximate surface area is 93.2 Å². The van der Waals surface area contributed by atoms with E-state index in [1.165, 1.54) is 24.5 Å². The van der Waals surface area contributed by atoms with Crippen molar-refractivity contribution in [3.63, 3.8) is 0 Å². The molecule has 1 aromatic carbocycles. The topological polar surface area (TPSA) is 72.1 Å². The number of benzene rings is 1. The van der Waals surface area contributed by atoms with Gasteiger partial charge in [0.25, 0.3) is 0 Å². The van der Waals surface area contributed by atoms with E-state index >= 15 is 0 Å². The van der Waals surface area contributed by atoms with E-state index in [0.717, 1.165) is 5.56 Å². The van der Waals surface area contributed by atoms with Gasteiger partial charge in [-0.05, 0) is 19.1 Å². The minimum Gasteiger partial charge on any atom is -0.376 e. The number of nitrogens with zero attached hydrogens (tertiary/aromatic N) is 1. The van der Waals surface area contributed by atoms with Crippen molar-refractivity contribution in [2.24, 2.45) is 0 Å². The van der Waals surface area contributed by atoms with Crippen molar-refractivity contribution in [2.45, 2.75) is 11.8 Å². The smallest absolute Gasteiger partial charge is 0.339 e. The highest BCUT2D eigenvalue weighted by atomic mass is 32.2. The number of nitrogens with one attached hydrogen (secondary N) is 1. The largest absolute Gasteiger partial charge is 0.376 e. The van der Waals surface area contributed by atoms with Gasteiger partial charge in [-0.25, -0.2) is 0 Å². The molecule has 0 bridgehead atoms. The zero-order valence-electron chi connectivity index (χ0n) is 8.54. The highest BCUT2D eigenvalue weighted by Crippen LogP contribution is 2.17. The molecule has 1 heterocycles. The molecule has 0 aliphatic rings. The van der Waals surface area contributed by atoms with E-state index < -0.39 is 10.1 Å². The first kappa shape index (κ1) is 10.7. The summed E-state index contributed by atoms with van der Waals surface area (Å²) in [5.74, 6) is 0.167. The van der Waals surface area contributed by atoms with Gasteiger partial charge in [0.15, 0.2) is 5.75 Å². The van der Waals surface area contributed by atoms with Crippen LogP contribution in [-0.2, 0) is 10.1 Å². The molecule has 2 rings (SSSR count). The predicted octanol–water partition coefficient (Wildman–Crippen LogP) is 1.49. The summed E-state index contributed by atoms with van der Waals surface area (Å²) >= 11 is 0. The average molecular weight is 238 g/mol. The Morgan fingerprint density at radius 1 is 1.25 bits per heavy atom. The molecule has 0 saturated heterocycles. The van der Waals surface area contributed by atoms with E-state index in [1.54, 1.807) is 12.1 Å².